The normalized spacial score (nSPS) is 19.6. The Morgan fingerprint density at radius 2 is 2.06 bits per heavy atom. The van der Waals surface area contributed by atoms with E-state index in [2.05, 4.69) is 10.6 Å². The summed E-state index contributed by atoms with van der Waals surface area (Å²) >= 11 is 0. The summed E-state index contributed by atoms with van der Waals surface area (Å²) in [5.74, 6) is -0.852. The summed E-state index contributed by atoms with van der Waals surface area (Å²) in [6, 6.07) is -0.234. The molecule has 1 fully saturated rings. The van der Waals surface area contributed by atoms with Gasteiger partial charge < -0.3 is 15.7 Å². The van der Waals surface area contributed by atoms with Crippen LogP contribution in [0, 0.1) is 5.41 Å². The molecule has 0 aromatic rings. The van der Waals surface area contributed by atoms with Crippen molar-refractivity contribution in [2.45, 2.75) is 38.6 Å². The number of carboxylic acids is 1. The van der Waals surface area contributed by atoms with Crippen molar-refractivity contribution >= 4 is 11.9 Å². The molecule has 0 radical (unpaired) electrons. The van der Waals surface area contributed by atoms with E-state index in [4.69, 9.17) is 5.11 Å². The number of carbonyl (C=O) groups excluding carboxylic acids is 1. The Bertz CT molecular complexity index is 274. The van der Waals surface area contributed by atoms with Crippen LogP contribution in [0.1, 0.15) is 32.6 Å². The summed E-state index contributed by atoms with van der Waals surface area (Å²) in [5.41, 5.74) is -0.199. The smallest absolute Gasteiger partial charge is 0.303 e. The number of likely N-dealkylation sites (N-methyl/N-ethyl adjacent to an activating group) is 1. The predicted molar refractivity (Wildman–Crippen MR) is 60.1 cm³/mol. The fourth-order valence-corrected chi connectivity index (χ4v) is 1.97. The van der Waals surface area contributed by atoms with Gasteiger partial charge in [-0.25, -0.2) is 0 Å². The zero-order valence-electron chi connectivity index (χ0n) is 9.88. The molecular formula is C11H20N2O3. The molecule has 0 aromatic carbocycles. The maximum absolute atomic E-state index is 11.5. The van der Waals surface area contributed by atoms with Crippen LogP contribution < -0.4 is 10.6 Å². The van der Waals surface area contributed by atoms with Gasteiger partial charge in [-0.1, -0.05) is 6.42 Å². The van der Waals surface area contributed by atoms with Crippen molar-refractivity contribution in [1.82, 2.24) is 10.6 Å². The van der Waals surface area contributed by atoms with Gasteiger partial charge in [0, 0.05) is 6.54 Å². The Morgan fingerprint density at radius 3 is 2.44 bits per heavy atom. The van der Waals surface area contributed by atoms with Gasteiger partial charge in [0.2, 0.25) is 5.91 Å². The van der Waals surface area contributed by atoms with Gasteiger partial charge in [-0.3, -0.25) is 9.59 Å². The lowest BCUT2D eigenvalue weighted by Crippen LogP contribution is -2.48. The Kier molecular flexibility index (Phi) is 4.29. The van der Waals surface area contributed by atoms with Crippen molar-refractivity contribution < 1.29 is 14.7 Å². The number of carbonyl (C=O) groups is 2. The molecule has 1 aliphatic rings. The molecule has 0 heterocycles. The van der Waals surface area contributed by atoms with E-state index in [9.17, 15) is 9.59 Å². The molecule has 1 saturated carbocycles. The third-order valence-electron chi connectivity index (χ3n) is 3.40. The van der Waals surface area contributed by atoms with Crippen molar-refractivity contribution in [2.24, 2.45) is 5.41 Å². The molecule has 1 atom stereocenters. The third kappa shape index (κ3) is 3.20. The number of hydrogen-bond donors (Lipinski definition) is 3. The molecule has 5 nitrogen and oxygen atoms in total. The van der Waals surface area contributed by atoms with Gasteiger partial charge in [0.15, 0.2) is 0 Å². The molecule has 5 heteroatoms. The summed E-state index contributed by atoms with van der Waals surface area (Å²) in [6.07, 6.45) is 3.01. The van der Waals surface area contributed by atoms with E-state index in [1.807, 2.05) is 0 Å². The lowest BCUT2D eigenvalue weighted by atomic mass is 9.66. The molecule has 1 unspecified atom stereocenters. The van der Waals surface area contributed by atoms with Crippen LogP contribution in [-0.2, 0) is 9.59 Å². The van der Waals surface area contributed by atoms with Crippen LogP contribution >= 0.6 is 0 Å². The van der Waals surface area contributed by atoms with E-state index in [0.29, 0.717) is 6.54 Å². The predicted octanol–water partition coefficient (Wildman–Crippen LogP) is 0.355. The maximum Gasteiger partial charge on any atom is 0.303 e. The van der Waals surface area contributed by atoms with Crippen molar-refractivity contribution in [1.29, 1.82) is 0 Å². The Hall–Kier alpha value is -1.10. The van der Waals surface area contributed by atoms with Gasteiger partial charge in [0.25, 0.3) is 0 Å². The first kappa shape index (κ1) is 13.0. The Labute approximate surface area is 95.6 Å². The molecule has 92 valence electrons. The van der Waals surface area contributed by atoms with Crippen molar-refractivity contribution in [3.8, 4) is 0 Å². The lowest BCUT2D eigenvalue weighted by Gasteiger charge is -2.41. The fraction of sp³-hybridized carbons (Fsp3) is 0.818. The molecule has 1 rings (SSSR count). The first-order valence-corrected chi connectivity index (χ1v) is 5.66. The van der Waals surface area contributed by atoms with Gasteiger partial charge in [-0.15, -0.1) is 0 Å². The summed E-state index contributed by atoms with van der Waals surface area (Å²) in [5, 5.41) is 14.5. The molecule has 0 bridgehead atoms. The molecule has 0 aliphatic heterocycles. The molecule has 0 spiro atoms. The summed E-state index contributed by atoms with van der Waals surface area (Å²) < 4.78 is 0. The minimum atomic E-state index is -0.782. The molecule has 3 N–H and O–H groups in total. The van der Waals surface area contributed by atoms with E-state index in [-0.39, 0.29) is 23.8 Å². The summed E-state index contributed by atoms with van der Waals surface area (Å²) in [6.45, 7) is 2.25. The molecule has 1 amide bonds. The second-order valence-corrected chi connectivity index (χ2v) is 4.65. The van der Waals surface area contributed by atoms with Gasteiger partial charge in [-0.05, 0) is 32.2 Å². The fourth-order valence-electron chi connectivity index (χ4n) is 1.97. The van der Waals surface area contributed by atoms with Gasteiger partial charge in [0.05, 0.1) is 12.5 Å². The first-order chi connectivity index (χ1) is 7.49. The number of carboxylic acid groups (broad SMARTS) is 1. The lowest BCUT2D eigenvalue weighted by molar-refractivity contribution is -0.142. The van der Waals surface area contributed by atoms with Crippen LogP contribution in [0.15, 0.2) is 0 Å². The van der Waals surface area contributed by atoms with Gasteiger partial charge >= 0.3 is 5.97 Å². The quantitative estimate of drug-likeness (QED) is 0.613. The SMILES string of the molecule is CNC(C)C(=O)NCC1(CC(=O)O)CCC1. The highest BCUT2D eigenvalue weighted by Gasteiger charge is 2.39. The van der Waals surface area contributed by atoms with Crippen molar-refractivity contribution in [2.75, 3.05) is 13.6 Å². The van der Waals surface area contributed by atoms with Crippen LogP contribution in [0.3, 0.4) is 0 Å². The van der Waals surface area contributed by atoms with E-state index in [0.717, 1.165) is 19.3 Å². The van der Waals surface area contributed by atoms with Crippen LogP contribution in [0.5, 0.6) is 0 Å². The summed E-state index contributed by atoms with van der Waals surface area (Å²) in [7, 11) is 1.72. The number of aliphatic carboxylic acids is 1. The molecule has 1 aliphatic carbocycles. The largest absolute Gasteiger partial charge is 0.481 e. The number of rotatable bonds is 6. The van der Waals surface area contributed by atoms with E-state index < -0.39 is 5.97 Å². The standard InChI is InChI=1S/C11H20N2O3/c1-8(12-2)10(16)13-7-11(4-3-5-11)6-9(14)15/h8,12H,3-7H2,1-2H3,(H,13,16)(H,14,15). The van der Waals surface area contributed by atoms with Gasteiger partial charge in [-0.2, -0.15) is 0 Å². The second-order valence-electron chi connectivity index (χ2n) is 4.65. The summed E-state index contributed by atoms with van der Waals surface area (Å²) in [4.78, 5) is 22.2. The van der Waals surface area contributed by atoms with Crippen LogP contribution in [-0.4, -0.2) is 36.6 Å². The van der Waals surface area contributed by atoms with Crippen molar-refractivity contribution in [3.63, 3.8) is 0 Å². The van der Waals surface area contributed by atoms with Gasteiger partial charge in [0.1, 0.15) is 0 Å². The van der Waals surface area contributed by atoms with Crippen molar-refractivity contribution in [3.05, 3.63) is 0 Å². The number of nitrogens with one attached hydrogen (secondary N) is 2. The number of amides is 1. The zero-order valence-corrected chi connectivity index (χ0v) is 9.88. The third-order valence-corrected chi connectivity index (χ3v) is 3.40. The Morgan fingerprint density at radius 1 is 1.44 bits per heavy atom. The maximum atomic E-state index is 11.5. The van der Waals surface area contributed by atoms with Crippen LogP contribution in [0.4, 0.5) is 0 Å². The monoisotopic (exact) mass is 228 g/mol. The van der Waals surface area contributed by atoms with E-state index in [1.165, 1.54) is 0 Å². The van der Waals surface area contributed by atoms with Crippen LogP contribution in [0.25, 0.3) is 0 Å². The molecule has 0 aromatic heterocycles. The van der Waals surface area contributed by atoms with E-state index >= 15 is 0 Å². The highest BCUT2D eigenvalue weighted by Crippen LogP contribution is 2.43. The number of hydrogen-bond acceptors (Lipinski definition) is 3. The zero-order chi connectivity index (χ0) is 12.2. The Balaban J connectivity index is 2.40. The highest BCUT2D eigenvalue weighted by molar-refractivity contribution is 5.81. The topological polar surface area (TPSA) is 78.4 Å². The molecule has 0 saturated heterocycles. The average molecular weight is 228 g/mol. The van der Waals surface area contributed by atoms with Crippen LogP contribution in [0.2, 0.25) is 0 Å². The highest BCUT2D eigenvalue weighted by atomic mass is 16.4. The minimum absolute atomic E-state index is 0.0702. The first-order valence-electron chi connectivity index (χ1n) is 5.66. The van der Waals surface area contributed by atoms with E-state index in [1.54, 1.807) is 14.0 Å². The average Bonchev–Trinajstić information content (AvgIpc) is 2.19. The molecular weight excluding hydrogens is 208 g/mol. The second kappa shape index (κ2) is 5.30. The minimum Gasteiger partial charge on any atom is -0.481 e. The molecule has 16 heavy (non-hydrogen) atoms.